The number of carboxylic acid groups (broad SMARTS) is 1. The maximum Gasteiger partial charge on any atom is 0.335 e. The van der Waals surface area contributed by atoms with Crippen LogP contribution in [-0.4, -0.2) is 28.1 Å². The highest BCUT2D eigenvalue weighted by atomic mass is 16.4. The third kappa shape index (κ3) is 8.82. The van der Waals surface area contributed by atoms with Crippen LogP contribution in [0.2, 0.25) is 0 Å². The van der Waals surface area contributed by atoms with Gasteiger partial charge in [0, 0.05) is 12.3 Å². The van der Waals surface area contributed by atoms with Gasteiger partial charge in [-0.3, -0.25) is 4.79 Å². The molecule has 1 rings (SSSR count). The molecule has 0 amide bonds. The van der Waals surface area contributed by atoms with Crippen molar-refractivity contribution in [1.29, 1.82) is 0 Å². The van der Waals surface area contributed by atoms with Gasteiger partial charge in [-0.1, -0.05) is 43.7 Å². The van der Waals surface area contributed by atoms with Crippen LogP contribution in [0.1, 0.15) is 74.7 Å². The summed E-state index contributed by atoms with van der Waals surface area (Å²) in [6, 6.07) is 6.84. The van der Waals surface area contributed by atoms with Gasteiger partial charge in [0.25, 0.3) is 0 Å². The minimum atomic E-state index is -0.927. The smallest absolute Gasteiger partial charge is 0.335 e. The van der Waals surface area contributed by atoms with Crippen molar-refractivity contribution in [2.45, 2.75) is 71.3 Å². The first kappa shape index (κ1) is 21.9. The molecule has 26 heavy (non-hydrogen) atoms. The Kier molecular flexibility index (Phi) is 10.3. The number of ketones is 1. The number of benzene rings is 1. The molecule has 0 saturated heterocycles. The van der Waals surface area contributed by atoms with E-state index in [4.69, 9.17) is 5.11 Å². The number of carbonyl (C=O) groups excluding carboxylic acids is 1. The second-order valence-electron chi connectivity index (χ2n) is 6.74. The lowest BCUT2D eigenvalue weighted by Crippen LogP contribution is -2.11. The quantitative estimate of drug-likeness (QED) is 0.458. The maximum atomic E-state index is 11.8. The van der Waals surface area contributed by atoms with Gasteiger partial charge >= 0.3 is 5.97 Å². The van der Waals surface area contributed by atoms with E-state index in [1.54, 1.807) is 19.1 Å². The second kappa shape index (κ2) is 12.3. The van der Waals surface area contributed by atoms with E-state index in [0.717, 1.165) is 44.1 Å². The number of hydrogen-bond donors (Lipinski definition) is 2. The summed E-state index contributed by atoms with van der Waals surface area (Å²) in [5.74, 6) is 4.92. The van der Waals surface area contributed by atoms with Crippen molar-refractivity contribution < 1.29 is 19.8 Å². The molecular weight excluding hydrogens is 328 g/mol. The summed E-state index contributed by atoms with van der Waals surface area (Å²) in [5, 5.41) is 18.7. The lowest BCUT2D eigenvalue weighted by Gasteiger charge is -2.10. The molecule has 0 fully saturated rings. The molecular formula is C22H30O4. The highest BCUT2D eigenvalue weighted by Gasteiger charge is 2.13. The van der Waals surface area contributed by atoms with E-state index < -0.39 is 12.1 Å². The number of hydrogen-bond acceptors (Lipinski definition) is 3. The van der Waals surface area contributed by atoms with Crippen molar-refractivity contribution in [2.24, 2.45) is 5.92 Å². The number of unbranched alkanes of at least 4 members (excludes halogenated alkanes) is 2. The zero-order chi connectivity index (χ0) is 19.4. The summed E-state index contributed by atoms with van der Waals surface area (Å²) in [6.45, 7) is 3.71. The molecule has 0 aliphatic carbocycles. The van der Waals surface area contributed by atoms with Gasteiger partial charge in [-0.25, -0.2) is 4.79 Å². The first-order chi connectivity index (χ1) is 12.4. The Hall–Kier alpha value is -2.12. The molecule has 0 heterocycles. The Bertz CT molecular complexity index is 622. The Labute approximate surface area is 156 Å². The standard InChI is InChI=1S/C22H30O4/c1-3-4-5-11-21(24)12-7-10-19(17(2)23)9-6-8-18-13-15-20(16-14-18)22(25)26/h13-16,19,21,24H,3-6,8-11H2,1-2H3,(H,25,26)/t19?,21-/m0/s1. The lowest BCUT2D eigenvalue weighted by molar-refractivity contribution is -0.120. The first-order valence-corrected chi connectivity index (χ1v) is 9.43. The van der Waals surface area contributed by atoms with Gasteiger partial charge in [0.05, 0.1) is 5.56 Å². The molecule has 142 valence electrons. The number of aliphatic hydroxyl groups is 1. The van der Waals surface area contributed by atoms with Crippen molar-refractivity contribution in [2.75, 3.05) is 0 Å². The van der Waals surface area contributed by atoms with Crippen molar-refractivity contribution in [3.05, 3.63) is 35.4 Å². The van der Waals surface area contributed by atoms with Gasteiger partial charge in [-0.15, -0.1) is 0 Å². The van der Waals surface area contributed by atoms with Crippen LogP contribution in [0.3, 0.4) is 0 Å². The maximum absolute atomic E-state index is 11.8. The van der Waals surface area contributed by atoms with Crippen LogP contribution in [0.4, 0.5) is 0 Å². The average molecular weight is 358 g/mol. The van der Waals surface area contributed by atoms with Gasteiger partial charge in [0.2, 0.25) is 0 Å². The number of aryl methyl sites for hydroxylation is 1. The molecule has 1 aromatic rings. The van der Waals surface area contributed by atoms with Crippen LogP contribution in [0.15, 0.2) is 24.3 Å². The number of Topliss-reactive ketones (excluding diaryl/α,β-unsaturated/α-hetero) is 1. The largest absolute Gasteiger partial charge is 0.478 e. The molecule has 0 saturated carbocycles. The van der Waals surface area contributed by atoms with Crippen LogP contribution in [0.5, 0.6) is 0 Å². The number of carboxylic acids is 1. The fourth-order valence-electron chi connectivity index (χ4n) is 2.78. The third-order valence-electron chi connectivity index (χ3n) is 4.49. The molecule has 0 aliphatic rings. The van der Waals surface area contributed by atoms with Crippen molar-refractivity contribution in [3.63, 3.8) is 0 Å². The van der Waals surface area contributed by atoms with E-state index in [1.807, 2.05) is 12.1 Å². The first-order valence-electron chi connectivity index (χ1n) is 9.43. The fraction of sp³-hybridized carbons (Fsp3) is 0.545. The SMILES string of the molecule is CCCCC[C@H](O)C#CCC(CCCc1ccc(C(=O)O)cc1)C(C)=O. The van der Waals surface area contributed by atoms with Gasteiger partial charge in [0.15, 0.2) is 0 Å². The highest BCUT2D eigenvalue weighted by molar-refractivity contribution is 5.87. The monoisotopic (exact) mass is 358 g/mol. The molecule has 1 aromatic carbocycles. The predicted octanol–water partition coefficient (Wildman–Crippen LogP) is 4.25. The molecule has 0 aliphatic heterocycles. The van der Waals surface area contributed by atoms with Crippen LogP contribution in [-0.2, 0) is 11.2 Å². The van der Waals surface area contributed by atoms with Gasteiger partial charge in [0.1, 0.15) is 11.9 Å². The molecule has 0 spiro atoms. The van der Waals surface area contributed by atoms with E-state index in [2.05, 4.69) is 18.8 Å². The summed E-state index contributed by atoms with van der Waals surface area (Å²) in [5.41, 5.74) is 1.35. The minimum absolute atomic E-state index is 0.108. The normalized spacial score (nSPS) is 12.7. The Morgan fingerprint density at radius 2 is 1.77 bits per heavy atom. The van der Waals surface area contributed by atoms with E-state index in [1.165, 1.54) is 0 Å². The summed E-state index contributed by atoms with van der Waals surface area (Å²) >= 11 is 0. The summed E-state index contributed by atoms with van der Waals surface area (Å²) in [4.78, 5) is 22.6. The van der Waals surface area contributed by atoms with E-state index >= 15 is 0 Å². The average Bonchev–Trinajstić information content (AvgIpc) is 2.61. The number of carbonyl (C=O) groups is 2. The van der Waals surface area contributed by atoms with Gasteiger partial charge in [-0.2, -0.15) is 0 Å². The topological polar surface area (TPSA) is 74.6 Å². The zero-order valence-electron chi connectivity index (χ0n) is 15.8. The molecule has 2 atom stereocenters. The Balaban J connectivity index is 2.41. The van der Waals surface area contributed by atoms with Crippen molar-refractivity contribution in [1.82, 2.24) is 0 Å². The van der Waals surface area contributed by atoms with Crippen molar-refractivity contribution in [3.8, 4) is 11.8 Å². The van der Waals surface area contributed by atoms with Gasteiger partial charge in [-0.05, 0) is 56.7 Å². The summed E-state index contributed by atoms with van der Waals surface area (Å²) in [6.07, 6.45) is 6.17. The van der Waals surface area contributed by atoms with Crippen LogP contribution < -0.4 is 0 Å². The third-order valence-corrected chi connectivity index (χ3v) is 4.49. The van der Waals surface area contributed by atoms with Crippen LogP contribution in [0.25, 0.3) is 0 Å². The summed E-state index contributed by atoms with van der Waals surface area (Å²) in [7, 11) is 0. The van der Waals surface area contributed by atoms with E-state index in [9.17, 15) is 14.7 Å². The van der Waals surface area contributed by atoms with Crippen LogP contribution in [0, 0.1) is 17.8 Å². The second-order valence-corrected chi connectivity index (χ2v) is 6.74. The number of aromatic carboxylic acids is 1. The fourth-order valence-corrected chi connectivity index (χ4v) is 2.78. The van der Waals surface area contributed by atoms with Crippen molar-refractivity contribution >= 4 is 11.8 Å². The molecule has 4 heteroatoms. The molecule has 4 nitrogen and oxygen atoms in total. The van der Waals surface area contributed by atoms with Crippen LogP contribution >= 0.6 is 0 Å². The van der Waals surface area contributed by atoms with Gasteiger partial charge < -0.3 is 10.2 Å². The number of rotatable bonds is 11. The van der Waals surface area contributed by atoms with E-state index in [0.29, 0.717) is 12.8 Å². The molecule has 0 aromatic heterocycles. The highest BCUT2D eigenvalue weighted by Crippen LogP contribution is 2.16. The predicted molar refractivity (Wildman–Crippen MR) is 103 cm³/mol. The minimum Gasteiger partial charge on any atom is -0.478 e. The molecule has 1 unspecified atom stereocenters. The number of aliphatic hydroxyl groups excluding tert-OH is 1. The van der Waals surface area contributed by atoms with E-state index in [-0.39, 0.29) is 17.3 Å². The zero-order valence-corrected chi connectivity index (χ0v) is 15.8. The molecule has 0 bridgehead atoms. The molecule has 0 radical (unpaired) electrons. The summed E-state index contributed by atoms with van der Waals surface area (Å²) < 4.78 is 0. The Morgan fingerprint density at radius 1 is 1.08 bits per heavy atom. The Morgan fingerprint density at radius 3 is 2.35 bits per heavy atom. The lowest BCUT2D eigenvalue weighted by atomic mass is 9.93. The molecule has 2 N–H and O–H groups in total.